The zero-order valence-electron chi connectivity index (χ0n) is 13.3. The third-order valence-electron chi connectivity index (χ3n) is 4.25. The van der Waals surface area contributed by atoms with E-state index in [1.807, 2.05) is 36.0 Å². The van der Waals surface area contributed by atoms with Gasteiger partial charge in [-0.1, -0.05) is 24.0 Å². The molecule has 0 saturated carbocycles. The zero-order chi connectivity index (χ0) is 16.2. The molecule has 1 amide bonds. The maximum absolute atomic E-state index is 12.5. The van der Waals surface area contributed by atoms with Crippen LogP contribution in [0.25, 0.3) is 6.08 Å². The van der Waals surface area contributed by atoms with E-state index in [-0.39, 0.29) is 5.91 Å². The van der Waals surface area contributed by atoms with Gasteiger partial charge in [-0.2, -0.15) is 0 Å². The van der Waals surface area contributed by atoms with Crippen molar-refractivity contribution in [1.82, 2.24) is 9.47 Å². The summed E-state index contributed by atoms with van der Waals surface area (Å²) in [6.45, 7) is 5.58. The number of aromatic nitrogens is 1. The van der Waals surface area contributed by atoms with Crippen LogP contribution in [-0.2, 0) is 16.6 Å². The molecule has 1 N–H and O–H groups in total. The summed E-state index contributed by atoms with van der Waals surface area (Å²) >= 11 is 6.79. The fourth-order valence-electron chi connectivity index (χ4n) is 2.85. The van der Waals surface area contributed by atoms with Gasteiger partial charge >= 0.3 is 0 Å². The van der Waals surface area contributed by atoms with Gasteiger partial charge in [0.25, 0.3) is 5.91 Å². The lowest BCUT2D eigenvalue weighted by molar-refractivity contribution is -0.908. The average molecular weight is 353 g/mol. The van der Waals surface area contributed by atoms with Gasteiger partial charge in [-0.25, -0.2) is 0 Å². The molecule has 0 aromatic carbocycles. The predicted octanol–water partition coefficient (Wildman–Crippen LogP) is 0.531. The van der Waals surface area contributed by atoms with Crippen LogP contribution in [0, 0.1) is 0 Å². The number of rotatable bonds is 5. The molecule has 0 radical (unpaired) electrons. The molecule has 2 saturated heterocycles. The Kier molecular flexibility index (Phi) is 5.53. The molecule has 0 bridgehead atoms. The first kappa shape index (κ1) is 16.7. The van der Waals surface area contributed by atoms with Crippen LogP contribution in [0.3, 0.4) is 0 Å². The summed E-state index contributed by atoms with van der Waals surface area (Å²) in [7, 11) is 1.97. The Labute approximate surface area is 146 Å². The van der Waals surface area contributed by atoms with E-state index in [2.05, 4.69) is 0 Å². The Morgan fingerprint density at radius 1 is 1.43 bits per heavy atom. The number of hydrogen-bond acceptors (Lipinski definition) is 4. The van der Waals surface area contributed by atoms with E-state index in [4.69, 9.17) is 17.0 Å². The first-order chi connectivity index (χ1) is 11.1. The number of morpholine rings is 1. The van der Waals surface area contributed by atoms with Crippen molar-refractivity contribution in [3.8, 4) is 0 Å². The predicted molar refractivity (Wildman–Crippen MR) is 96.3 cm³/mol. The molecule has 2 aliphatic rings. The molecule has 7 heteroatoms. The van der Waals surface area contributed by atoms with Crippen molar-refractivity contribution >= 4 is 40.3 Å². The molecule has 23 heavy (non-hydrogen) atoms. The largest absolute Gasteiger partial charge is 0.370 e. The van der Waals surface area contributed by atoms with Gasteiger partial charge < -0.3 is 14.2 Å². The maximum Gasteiger partial charge on any atom is 0.266 e. The number of ether oxygens (including phenoxy) is 1. The van der Waals surface area contributed by atoms with Crippen molar-refractivity contribution in [2.45, 2.75) is 6.42 Å². The molecule has 2 fully saturated rings. The number of quaternary nitrogens is 1. The summed E-state index contributed by atoms with van der Waals surface area (Å²) in [6.07, 6.45) is 4.86. The highest BCUT2D eigenvalue weighted by Crippen LogP contribution is 2.32. The Morgan fingerprint density at radius 2 is 2.22 bits per heavy atom. The monoisotopic (exact) mass is 352 g/mol. The lowest BCUT2D eigenvalue weighted by atomic mass is 10.3. The number of nitrogens with one attached hydrogen (secondary N) is 1. The first-order valence-corrected chi connectivity index (χ1v) is 9.15. The molecule has 3 heterocycles. The van der Waals surface area contributed by atoms with Crippen LogP contribution < -0.4 is 4.90 Å². The first-order valence-electron chi connectivity index (χ1n) is 7.93. The van der Waals surface area contributed by atoms with E-state index < -0.39 is 0 Å². The van der Waals surface area contributed by atoms with Crippen molar-refractivity contribution in [2.24, 2.45) is 7.05 Å². The molecule has 5 nitrogen and oxygen atoms in total. The van der Waals surface area contributed by atoms with Crippen molar-refractivity contribution in [3.05, 3.63) is 28.9 Å². The van der Waals surface area contributed by atoms with Gasteiger partial charge in [0, 0.05) is 31.9 Å². The molecule has 1 aromatic heterocycles. The number of thiocarbonyl (C=S) groups is 1. The summed E-state index contributed by atoms with van der Waals surface area (Å²) in [5.74, 6) is 0.0400. The third kappa shape index (κ3) is 4.03. The van der Waals surface area contributed by atoms with E-state index in [1.54, 1.807) is 9.80 Å². The quantitative estimate of drug-likeness (QED) is 0.620. The number of amides is 1. The van der Waals surface area contributed by atoms with E-state index in [9.17, 15) is 4.79 Å². The second-order valence-corrected chi connectivity index (χ2v) is 7.52. The highest BCUT2D eigenvalue weighted by Gasteiger charge is 2.32. The van der Waals surface area contributed by atoms with Gasteiger partial charge in [-0.3, -0.25) is 9.69 Å². The van der Waals surface area contributed by atoms with Crippen molar-refractivity contribution < 1.29 is 14.4 Å². The Balaban J connectivity index is 1.56. The zero-order valence-corrected chi connectivity index (χ0v) is 14.9. The summed E-state index contributed by atoms with van der Waals surface area (Å²) in [4.78, 5) is 16.6. The SMILES string of the molecule is Cn1cccc1/C=C1/SC(=S)N(CCC[NH+]2CCOCC2)C1=O. The standard InChI is InChI=1S/C16H21N3O2S2/c1-17-5-2-4-13(17)12-14-15(20)19(16(22)23-14)7-3-6-18-8-10-21-11-9-18/h2,4-5,12H,3,6-11H2,1H3/p+1/b14-12+. The molecule has 0 atom stereocenters. The van der Waals surface area contributed by atoms with Gasteiger partial charge in [0.1, 0.15) is 17.4 Å². The van der Waals surface area contributed by atoms with Crippen LogP contribution in [0.1, 0.15) is 12.1 Å². The number of carbonyl (C=O) groups excluding carboxylic acids is 1. The van der Waals surface area contributed by atoms with Crippen molar-refractivity contribution in [2.75, 3.05) is 39.4 Å². The lowest BCUT2D eigenvalue weighted by Crippen LogP contribution is -3.14. The highest BCUT2D eigenvalue weighted by atomic mass is 32.2. The molecular formula is C16H22N3O2S2+. The number of nitrogens with zero attached hydrogens (tertiary/aromatic N) is 2. The van der Waals surface area contributed by atoms with E-state index in [0.29, 0.717) is 10.9 Å². The van der Waals surface area contributed by atoms with Crippen LogP contribution in [0.5, 0.6) is 0 Å². The molecular weight excluding hydrogens is 330 g/mol. The van der Waals surface area contributed by atoms with Crippen LogP contribution in [0.15, 0.2) is 23.2 Å². The normalized spacial score (nSPS) is 21.6. The van der Waals surface area contributed by atoms with Crippen LogP contribution >= 0.6 is 24.0 Å². The highest BCUT2D eigenvalue weighted by molar-refractivity contribution is 8.26. The Hall–Kier alpha value is -1.15. The molecule has 3 rings (SSSR count). The summed E-state index contributed by atoms with van der Waals surface area (Å²) in [5.41, 5.74) is 1.02. The van der Waals surface area contributed by atoms with Gasteiger partial charge in [-0.15, -0.1) is 0 Å². The summed E-state index contributed by atoms with van der Waals surface area (Å²) in [6, 6.07) is 3.96. The minimum atomic E-state index is 0.0400. The van der Waals surface area contributed by atoms with Gasteiger partial charge in [0.2, 0.25) is 0 Å². The minimum absolute atomic E-state index is 0.0400. The summed E-state index contributed by atoms with van der Waals surface area (Å²) < 4.78 is 8.04. The minimum Gasteiger partial charge on any atom is -0.370 e. The van der Waals surface area contributed by atoms with E-state index in [1.165, 1.54) is 11.8 Å². The smallest absolute Gasteiger partial charge is 0.266 e. The molecule has 1 aromatic rings. The van der Waals surface area contributed by atoms with Crippen molar-refractivity contribution in [1.29, 1.82) is 0 Å². The molecule has 0 unspecified atom stereocenters. The van der Waals surface area contributed by atoms with Crippen LogP contribution in [-0.4, -0.2) is 59.1 Å². The lowest BCUT2D eigenvalue weighted by Gasteiger charge is -2.24. The number of thioether (sulfide) groups is 1. The van der Waals surface area contributed by atoms with E-state index in [0.717, 1.165) is 49.9 Å². The Bertz CT molecular complexity index is 621. The van der Waals surface area contributed by atoms with Crippen LogP contribution in [0.4, 0.5) is 0 Å². The maximum atomic E-state index is 12.5. The molecule has 2 aliphatic heterocycles. The number of aryl methyl sites for hydroxylation is 1. The molecule has 0 aliphatic carbocycles. The average Bonchev–Trinajstić information content (AvgIpc) is 3.07. The third-order valence-corrected chi connectivity index (χ3v) is 5.63. The van der Waals surface area contributed by atoms with Gasteiger partial charge in [0.15, 0.2) is 0 Å². The molecule has 0 spiro atoms. The molecule has 124 valence electrons. The van der Waals surface area contributed by atoms with Gasteiger partial charge in [-0.05, 0) is 18.2 Å². The van der Waals surface area contributed by atoms with Crippen LogP contribution in [0.2, 0.25) is 0 Å². The van der Waals surface area contributed by atoms with E-state index >= 15 is 0 Å². The number of carbonyl (C=O) groups is 1. The summed E-state index contributed by atoms with van der Waals surface area (Å²) in [5, 5.41) is 0. The number of hydrogen-bond donors (Lipinski definition) is 1. The Morgan fingerprint density at radius 3 is 2.91 bits per heavy atom. The topological polar surface area (TPSA) is 38.9 Å². The second kappa shape index (κ2) is 7.61. The van der Waals surface area contributed by atoms with Gasteiger partial charge in [0.05, 0.1) is 24.7 Å². The fraction of sp³-hybridized carbons (Fsp3) is 0.500. The fourth-order valence-corrected chi connectivity index (χ4v) is 4.14. The second-order valence-electron chi connectivity index (χ2n) is 5.84. The van der Waals surface area contributed by atoms with Crippen molar-refractivity contribution in [3.63, 3.8) is 0 Å².